The van der Waals surface area contributed by atoms with E-state index in [9.17, 15) is 28.0 Å². The van der Waals surface area contributed by atoms with Gasteiger partial charge in [-0.1, -0.05) is 81.4 Å². The Labute approximate surface area is 284 Å². The number of fused-ring (bicyclic) bond motifs is 1. The largest absolute Gasteiger partial charge is 0.344 e. The molecule has 0 fully saturated rings. The molecule has 4 rings (SSSR count). The number of rotatable bonds is 16. The summed E-state index contributed by atoms with van der Waals surface area (Å²) in [4.78, 5) is 52.3. The molecule has 0 saturated carbocycles. The number of carbonyl (C=O) groups is 4. The van der Waals surface area contributed by atoms with Gasteiger partial charge >= 0.3 is 0 Å². The predicted molar refractivity (Wildman–Crippen MR) is 188 cm³/mol. The quantitative estimate of drug-likeness (QED) is 0.120. The molecule has 0 saturated heterocycles. The second-order valence-electron chi connectivity index (χ2n) is 13.3. The number of hydrogen-bond acceptors (Lipinski definition) is 4. The third-order valence-corrected chi connectivity index (χ3v) is 9.32. The Hall–Kier alpha value is -4.68. The number of carbonyl (C=O) groups excluding carboxylic acids is 4. The standard InChI is InChI=1S/C40H44F2N2O4.2H2/c1-6-29(37(25(2)3)44-38(47)36-32(41)12-9-13-33(36)42)22-30(21-28-18-16-26(4)17-19-28)35(46)15-10-20-40(23-27(5)24-45)31-11-7-8-14-34(31)43-39(40)48;;/h7-9,11-14,16-19,24-25,27,30,37H,1,10,15,20-23H2,2-5H3,(H,43,48)(H,44,47);2*1H/t27-,30+,37-,40+;;/m0../s1. The van der Waals surface area contributed by atoms with E-state index in [2.05, 4.69) is 22.9 Å². The van der Waals surface area contributed by atoms with Crippen molar-refractivity contribution in [3.05, 3.63) is 119 Å². The lowest BCUT2D eigenvalue weighted by molar-refractivity contribution is -0.125. The number of para-hydroxylation sites is 1. The van der Waals surface area contributed by atoms with Crippen molar-refractivity contribution in [2.45, 2.75) is 77.7 Å². The summed E-state index contributed by atoms with van der Waals surface area (Å²) in [5.74, 6) is -4.10. The molecule has 6 nitrogen and oxygen atoms in total. The van der Waals surface area contributed by atoms with Crippen LogP contribution in [0.1, 0.15) is 82.8 Å². The van der Waals surface area contributed by atoms with Crippen LogP contribution < -0.4 is 10.6 Å². The van der Waals surface area contributed by atoms with Crippen LogP contribution in [-0.2, 0) is 26.2 Å². The molecule has 0 bridgehead atoms. The van der Waals surface area contributed by atoms with E-state index in [0.717, 1.165) is 40.8 Å². The maximum absolute atomic E-state index is 14.5. The molecular formula is C40H48F2N2O4. The minimum Gasteiger partial charge on any atom is -0.344 e. The van der Waals surface area contributed by atoms with Crippen LogP contribution in [0.25, 0.3) is 0 Å². The van der Waals surface area contributed by atoms with Gasteiger partial charge in [-0.25, -0.2) is 8.78 Å². The Kier molecular flexibility index (Phi) is 12.0. The van der Waals surface area contributed by atoms with Crippen molar-refractivity contribution in [2.75, 3.05) is 5.32 Å². The molecule has 0 aromatic heterocycles. The van der Waals surface area contributed by atoms with Crippen LogP contribution >= 0.6 is 0 Å². The van der Waals surface area contributed by atoms with Crippen molar-refractivity contribution in [2.24, 2.45) is 17.8 Å². The minimum atomic E-state index is -0.967. The SMILES string of the molecule is C=C=C(C[C@@H](Cc1ccc(C)cc1)C(=O)CCC[C@]1(C[C@H](C)C=O)C(=O)Nc2ccccc21)[C@@H](NC(=O)c1c(F)cccc1F)C(C)C.[HH].[HH]. The van der Waals surface area contributed by atoms with Crippen molar-refractivity contribution in [3.8, 4) is 0 Å². The van der Waals surface area contributed by atoms with Gasteiger partial charge in [0.05, 0.1) is 11.5 Å². The molecule has 0 radical (unpaired) electrons. The predicted octanol–water partition coefficient (Wildman–Crippen LogP) is 8.33. The Bertz CT molecular complexity index is 1700. The fraction of sp³-hybridized carbons (Fsp3) is 0.375. The summed E-state index contributed by atoms with van der Waals surface area (Å²) in [6.45, 7) is 11.4. The smallest absolute Gasteiger partial charge is 0.257 e. The fourth-order valence-corrected chi connectivity index (χ4v) is 6.76. The molecule has 4 atom stereocenters. The fourth-order valence-electron chi connectivity index (χ4n) is 6.76. The Morgan fingerprint density at radius 2 is 1.69 bits per heavy atom. The van der Waals surface area contributed by atoms with Crippen molar-refractivity contribution >= 4 is 29.6 Å². The first-order valence-corrected chi connectivity index (χ1v) is 16.5. The molecule has 1 aliphatic heterocycles. The zero-order chi connectivity index (χ0) is 35.0. The maximum Gasteiger partial charge on any atom is 0.257 e. The average Bonchev–Trinajstić information content (AvgIpc) is 3.32. The highest BCUT2D eigenvalue weighted by Crippen LogP contribution is 2.45. The van der Waals surface area contributed by atoms with Crippen molar-refractivity contribution in [3.63, 3.8) is 0 Å². The molecule has 1 heterocycles. The van der Waals surface area contributed by atoms with Crippen LogP contribution in [-0.4, -0.2) is 29.9 Å². The average molecular weight is 659 g/mol. The summed E-state index contributed by atoms with van der Waals surface area (Å²) in [7, 11) is 0. The van der Waals surface area contributed by atoms with E-state index in [1.165, 1.54) is 6.07 Å². The Balaban J connectivity index is 0.00000433. The maximum atomic E-state index is 14.5. The third-order valence-electron chi connectivity index (χ3n) is 9.32. The molecule has 0 spiro atoms. The zero-order valence-corrected chi connectivity index (χ0v) is 28.1. The summed E-state index contributed by atoms with van der Waals surface area (Å²) >= 11 is 0. The highest BCUT2D eigenvalue weighted by Gasteiger charge is 2.46. The van der Waals surface area contributed by atoms with Crippen LogP contribution in [0.15, 0.2) is 84.6 Å². The molecule has 0 aliphatic carbocycles. The van der Waals surface area contributed by atoms with Gasteiger partial charge in [-0.05, 0) is 79.8 Å². The highest BCUT2D eigenvalue weighted by atomic mass is 19.1. The first-order chi connectivity index (χ1) is 22.9. The van der Waals surface area contributed by atoms with E-state index in [-0.39, 0.29) is 39.2 Å². The van der Waals surface area contributed by atoms with Gasteiger partial charge in [0.2, 0.25) is 5.91 Å². The molecule has 2 N–H and O–H groups in total. The molecule has 256 valence electrons. The zero-order valence-electron chi connectivity index (χ0n) is 28.1. The molecular weight excluding hydrogens is 610 g/mol. The summed E-state index contributed by atoms with van der Waals surface area (Å²) in [5, 5.41) is 5.73. The number of aryl methyl sites for hydroxylation is 1. The highest BCUT2D eigenvalue weighted by molar-refractivity contribution is 6.06. The van der Waals surface area contributed by atoms with E-state index in [1.807, 2.05) is 69.3 Å². The number of aldehydes is 1. The van der Waals surface area contributed by atoms with Crippen molar-refractivity contribution in [1.82, 2.24) is 5.32 Å². The van der Waals surface area contributed by atoms with Crippen molar-refractivity contribution < 1.29 is 30.8 Å². The molecule has 2 amide bonds. The van der Waals surface area contributed by atoms with Gasteiger partial charge < -0.3 is 15.4 Å². The van der Waals surface area contributed by atoms with E-state index < -0.39 is 40.5 Å². The van der Waals surface area contributed by atoms with Gasteiger partial charge in [0, 0.05) is 26.8 Å². The molecule has 1 aliphatic rings. The van der Waals surface area contributed by atoms with Crippen LogP contribution in [0, 0.1) is 36.3 Å². The number of Topliss-reactive ketones (excluding diaryl/α,β-unsaturated/α-hetero) is 1. The van der Waals surface area contributed by atoms with Crippen molar-refractivity contribution in [1.29, 1.82) is 0 Å². The normalized spacial score (nSPS) is 17.1. The van der Waals surface area contributed by atoms with Gasteiger partial charge in [-0.15, -0.1) is 5.73 Å². The summed E-state index contributed by atoms with van der Waals surface area (Å²) in [5.41, 5.74) is 5.49. The second-order valence-corrected chi connectivity index (χ2v) is 13.3. The molecule has 0 unspecified atom stereocenters. The first-order valence-electron chi connectivity index (χ1n) is 16.5. The number of hydrogen-bond donors (Lipinski definition) is 2. The molecule has 3 aromatic carbocycles. The number of amides is 2. The van der Waals surface area contributed by atoms with E-state index in [4.69, 9.17) is 0 Å². The minimum absolute atomic E-state index is 0. The monoisotopic (exact) mass is 658 g/mol. The Morgan fingerprint density at radius 1 is 1.02 bits per heavy atom. The van der Waals surface area contributed by atoms with Gasteiger partial charge in [0.1, 0.15) is 29.3 Å². The lowest BCUT2D eigenvalue weighted by Crippen LogP contribution is -2.41. The number of halogens is 2. The Morgan fingerprint density at radius 3 is 2.31 bits per heavy atom. The third kappa shape index (κ3) is 8.23. The van der Waals surface area contributed by atoms with Crippen LogP contribution in [0.3, 0.4) is 0 Å². The summed E-state index contributed by atoms with van der Waals surface area (Å²) in [6.07, 6.45) is 2.82. The molecule has 8 heteroatoms. The topological polar surface area (TPSA) is 92.3 Å². The second kappa shape index (κ2) is 15.9. The van der Waals surface area contributed by atoms with Gasteiger partial charge in [0.15, 0.2) is 0 Å². The van der Waals surface area contributed by atoms with E-state index in [1.54, 1.807) is 6.92 Å². The number of benzene rings is 3. The number of anilines is 1. The summed E-state index contributed by atoms with van der Waals surface area (Å²) < 4.78 is 28.9. The summed E-state index contributed by atoms with van der Waals surface area (Å²) in [6, 6.07) is 18.0. The first kappa shape index (κ1) is 36.2. The molecule has 48 heavy (non-hydrogen) atoms. The van der Waals surface area contributed by atoms with Gasteiger partial charge in [-0.3, -0.25) is 14.4 Å². The lowest BCUT2D eigenvalue weighted by atomic mass is 9.71. The van der Waals surface area contributed by atoms with Crippen LogP contribution in [0.5, 0.6) is 0 Å². The van der Waals surface area contributed by atoms with Crippen LogP contribution in [0.4, 0.5) is 14.5 Å². The number of nitrogens with one attached hydrogen (secondary N) is 2. The van der Waals surface area contributed by atoms with E-state index in [0.29, 0.717) is 31.3 Å². The van der Waals surface area contributed by atoms with E-state index >= 15 is 0 Å². The van der Waals surface area contributed by atoms with Gasteiger partial charge in [-0.2, -0.15) is 0 Å². The van der Waals surface area contributed by atoms with Gasteiger partial charge in [0.25, 0.3) is 5.91 Å². The van der Waals surface area contributed by atoms with Crippen LogP contribution in [0.2, 0.25) is 0 Å². The number of ketones is 1. The lowest BCUT2D eigenvalue weighted by Gasteiger charge is -2.29. The molecule has 3 aromatic rings.